The molecule has 0 spiro atoms. The summed E-state index contributed by atoms with van der Waals surface area (Å²) in [4.78, 5) is 0. The lowest BCUT2D eigenvalue weighted by molar-refractivity contribution is 0.337. The van der Waals surface area contributed by atoms with Gasteiger partial charge in [0.2, 0.25) is 0 Å². The first kappa shape index (κ1) is 9.46. The minimum atomic E-state index is 0.729. The van der Waals surface area contributed by atoms with Crippen LogP contribution >= 0.6 is 0 Å². The van der Waals surface area contributed by atoms with Gasteiger partial charge in [0, 0.05) is 12.0 Å². The topological polar surface area (TPSA) is 9.23 Å². The Hall–Kier alpha value is -1.76. The van der Waals surface area contributed by atoms with E-state index in [4.69, 9.17) is 4.74 Å². The lowest BCUT2D eigenvalue weighted by Crippen LogP contribution is -1.95. The van der Waals surface area contributed by atoms with E-state index in [-0.39, 0.29) is 0 Å². The molecule has 3 rings (SSSR count). The third-order valence-corrected chi connectivity index (χ3v) is 3.11. The second-order valence-electron chi connectivity index (χ2n) is 4.05. The van der Waals surface area contributed by atoms with E-state index in [2.05, 4.69) is 42.5 Å². The van der Waals surface area contributed by atoms with E-state index in [1.54, 1.807) is 0 Å². The van der Waals surface area contributed by atoms with E-state index >= 15 is 0 Å². The largest absolute Gasteiger partial charge is 0.494 e. The lowest BCUT2D eigenvalue weighted by atomic mass is 10.1. The quantitative estimate of drug-likeness (QED) is 0.627. The van der Waals surface area contributed by atoms with Crippen molar-refractivity contribution in [2.45, 2.75) is 13.3 Å². The molecular weight excluding hydrogens is 196 g/mol. The van der Waals surface area contributed by atoms with Crippen molar-refractivity contribution in [3.05, 3.63) is 53.6 Å². The van der Waals surface area contributed by atoms with Gasteiger partial charge < -0.3 is 4.74 Å². The Morgan fingerprint density at radius 1 is 1.00 bits per heavy atom. The zero-order valence-corrected chi connectivity index (χ0v) is 9.36. The maximum Gasteiger partial charge on any atom is 0.123 e. The van der Waals surface area contributed by atoms with Gasteiger partial charge in [0.05, 0.1) is 6.61 Å². The summed E-state index contributed by atoms with van der Waals surface area (Å²) in [7, 11) is 0. The molecule has 0 unspecified atom stereocenters. The summed E-state index contributed by atoms with van der Waals surface area (Å²) in [6.07, 6.45) is 1.00. The van der Waals surface area contributed by atoms with Crippen LogP contribution in [-0.2, 0) is 6.42 Å². The van der Waals surface area contributed by atoms with Crippen molar-refractivity contribution in [1.82, 2.24) is 0 Å². The molecule has 0 saturated carbocycles. The molecule has 2 aromatic carbocycles. The fourth-order valence-corrected chi connectivity index (χ4v) is 2.42. The van der Waals surface area contributed by atoms with Gasteiger partial charge in [0.1, 0.15) is 5.75 Å². The average Bonchev–Trinajstić information content (AvgIpc) is 2.69. The fourth-order valence-electron chi connectivity index (χ4n) is 2.42. The zero-order valence-electron chi connectivity index (χ0n) is 9.36. The maximum absolute atomic E-state index is 5.68. The molecule has 0 radical (unpaired) electrons. The summed E-state index contributed by atoms with van der Waals surface area (Å²) in [5.41, 5.74) is 5.44. The minimum Gasteiger partial charge on any atom is -0.494 e. The van der Waals surface area contributed by atoms with E-state index in [1.165, 1.54) is 22.3 Å². The van der Waals surface area contributed by atoms with Gasteiger partial charge in [-0.2, -0.15) is 0 Å². The third kappa shape index (κ3) is 1.32. The van der Waals surface area contributed by atoms with E-state index in [9.17, 15) is 0 Å². The van der Waals surface area contributed by atoms with E-state index in [0.717, 1.165) is 18.8 Å². The van der Waals surface area contributed by atoms with Crippen molar-refractivity contribution >= 4 is 0 Å². The smallest absolute Gasteiger partial charge is 0.123 e. The molecule has 0 N–H and O–H groups in total. The van der Waals surface area contributed by atoms with Gasteiger partial charge in [-0.15, -0.1) is 0 Å². The monoisotopic (exact) mass is 210 g/mol. The van der Waals surface area contributed by atoms with Crippen molar-refractivity contribution in [2.24, 2.45) is 0 Å². The number of fused-ring (bicyclic) bond motifs is 3. The summed E-state index contributed by atoms with van der Waals surface area (Å²) in [6, 6.07) is 14.9. The summed E-state index contributed by atoms with van der Waals surface area (Å²) in [6.45, 7) is 2.76. The van der Waals surface area contributed by atoms with Crippen LogP contribution in [0.5, 0.6) is 5.75 Å². The number of hydrogen-bond donors (Lipinski definition) is 0. The number of rotatable bonds is 2. The van der Waals surface area contributed by atoms with Crippen LogP contribution in [0.3, 0.4) is 0 Å². The van der Waals surface area contributed by atoms with Crippen LogP contribution in [0.4, 0.5) is 0 Å². The average molecular weight is 210 g/mol. The van der Waals surface area contributed by atoms with Crippen LogP contribution in [0.1, 0.15) is 18.1 Å². The van der Waals surface area contributed by atoms with E-state index in [1.807, 2.05) is 6.92 Å². The Balaban J connectivity index is 2.16. The molecule has 0 aromatic heterocycles. The van der Waals surface area contributed by atoms with Gasteiger partial charge in [-0.1, -0.05) is 36.4 Å². The van der Waals surface area contributed by atoms with Crippen LogP contribution in [0, 0.1) is 0 Å². The molecular formula is C15H14O. The van der Waals surface area contributed by atoms with Gasteiger partial charge in [-0.05, 0) is 29.7 Å². The normalized spacial score (nSPS) is 12.1. The molecule has 1 heteroatoms. The highest BCUT2D eigenvalue weighted by Gasteiger charge is 2.20. The highest BCUT2D eigenvalue weighted by molar-refractivity contribution is 5.78. The molecule has 80 valence electrons. The summed E-state index contributed by atoms with van der Waals surface area (Å²) in [5, 5.41) is 0. The van der Waals surface area contributed by atoms with Crippen LogP contribution in [0.2, 0.25) is 0 Å². The standard InChI is InChI=1S/C15H14O/c1-2-16-15-9-5-8-13-12-7-4-3-6-11(12)10-14(13)15/h3-9H,2,10H2,1H3. The van der Waals surface area contributed by atoms with Gasteiger partial charge in [0.25, 0.3) is 0 Å². The van der Waals surface area contributed by atoms with Crippen molar-refractivity contribution in [3.63, 3.8) is 0 Å². The molecule has 1 aliphatic rings. The molecule has 16 heavy (non-hydrogen) atoms. The van der Waals surface area contributed by atoms with Crippen molar-refractivity contribution < 1.29 is 4.74 Å². The highest BCUT2D eigenvalue weighted by atomic mass is 16.5. The predicted molar refractivity (Wildman–Crippen MR) is 65.9 cm³/mol. The van der Waals surface area contributed by atoms with Gasteiger partial charge >= 0.3 is 0 Å². The summed E-state index contributed by atoms with van der Waals surface area (Å²) >= 11 is 0. The molecule has 0 saturated heterocycles. The molecule has 0 fully saturated rings. The molecule has 0 aliphatic heterocycles. The minimum absolute atomic E-state index is 0.729. The summed E-state index contributed by atoms with van der Waals surface area (Å²) < 4.78 is 5.68. The Morgan fingerprint density at radius 3 is 2.69 bits per heavy atom. The second kappa shape index (κ2) is 3.67. The Morgan fingerprint density at radius 2 is 1.81 bits per heavy atom. The van der Waals surface area contributed by atoms with Gasteiger partial charge in [0.15, 0.2) is 0 Å². The van der Waals surface area contributed by atoms with Crippen LogP contribution in [-0.4, -0.2) is 6.61 Å². The summed E-state index contributed by atoms with van der Waals surface area (Å²) in [5.74, 6) is 1.04. The molecule has 0 amide bonds. The number of ether oxygens (including phenoxy) is 1. The first-order chi connectivity index (χ1) is 7.90. The number of benzene rings is 2. The molecule has 0 atom stereocenters. The molecule has 0 heterocycles. The molecule has 2 aromatic rings. The van der Waals surface area contributed by atoms with Crippen molar-refractivity contribution in [1.29, 1.82) is 0 Å². The highest BCUT2D eigenvalue weighted by Crippen LogP contribution is 2.40. The molecule has 1 nitrogen and oxygen atoms in total. The Kier molecular flexibility index (Phi) is 2.17. The Labute approximate surface area is 95.7 Å². The lowest BCUT2D eigenvalue weighted by Gasteiger charge is -2.08. The molecule has 0 bridgehead atoms. The number of hydrogen-bond acceptors (Lipinski definition) is 1. The SMILES string of the molecule is CCOc1cccc2c1Cc1ccccc1-2. The van der Waals surface area contributed by atoms with Crippen LogP contribution < -0.4 is 4.74 Å². The third-order valence-electron chi connectivity index (χ3n) is 3.11. The first-order valence-corrected chi connectivity index (χ1v) is 5.73. The van der Waals surface area contributed by atoms with Crippen LogP contribution in [0.15, 0.2) is 42.5 Å². The second-order valence-corrected chi connectivity index (χ2v) is 4.05. The van der Waals surface area contributed by atoms with E-state index in [0.29, 0.717) is 0 Å². The van der Waals surface area contributed by atoms with Gasteiger partial charge in [-0.3, -0.25) is 0 Å². The van der Waals surface area contributed by atoms with E-state index < -0.39 is 0 Å². The maximum atomic E-state index is 5.68. The zero-order chi connectivity index (χ0) is 11.0. The van der Waals surface area contributed by atoms with Gasteiger partial charge in [-0.25, -0.2) is 0 Å². The van der Waals surface area contributed by atoms with Crippen molar-refractivity contribution in [3.8, 4) is 16.9 Å². The Bertz CT molecular complexity index is 529. The fraction of sp³-hybridized carbons (Fsp3) is 0.200. The van der Waals surface area contributed by atoms with Crippen LogP contribution in [0.25, 0.3) is 11.1 Å². The first-order valence-electron chi connectivity index (χ1n) is 5.73. The van der Waals surface area contributed by atoms with Crippen molar-refractivity contribution in [2.75, 3.05) is 6.61 Å². The predicted octanol–water partition coefficient (Wildman–Crippen LogP) is 3.66. The molecule has 1 aliphatic carbocycles.